The molecular formula is C19H25N2+. The van der Waals surface area contributed by atoms with Gasteiger partial charge in [0.05, 0.1) is 20.1 Å². The number of hydrogen-bond donors (Lipinski definition) is 1. The van der Waals surface area contributed by atoms with Gasteiger partial charge in [-0.15, -0.1) is 0 Å². The van der Waals surface area contributed by atoms with Crippen molar-refractivity contribution in [2.75, 3.05) is 20.1 Å². The van der Waals surface area contributed by atoms with E-state index in [9.17, 15) is 0 Å². The first kappa shape index (κ1) is 14.2. The van der Waals surface area contributed by atoms with Crippen LogP contribution in [-0.4, -0.2) is 24.6 Å². The average Bonchev–Trinajstić information content (AvgIpc) is 2.88. The standard InChI is InChI=1S/C19H25N2/c1-21(11-2-3-12-21)15-18-6-4-5-17(14-18)13-16-7-9-19(20)10-8-16/h4-7,9-10,13-14H,2-3,8,11-12,15,20H2,1H3/q+1. The van der Waals surface area contributed by atoms with Crippen molar-refractivity contribution in [1.29, 1.82) is 0 Å². The minimum Gasteiger partial charge on any atom is -0.399 e. The summed E-state index contributed by atoms with van der Waals surface area (Å²) in [5.74, 6) is 0. The maximum absolute atomic E-state index is 5.77. The van der Waals surface area contributed by atoms with Gasteiger partial charge in [0.2, 0.25) is 0 Å². The van der Waals surface area contributed by atoms with Crippen LogP contribution in [0.15, 0.2) is 53.8 Å². The molecule has 1 aromatic carbocycles. The van der Waals surface area contributed by atoms with Gasteiger partial charge in [-0.25, -0.2) is 0 Å². The monoisotopic (exact) mass is 281 g/mol. The smallest absolute Gasteiger partial charge is 0.104 e. The highest BCUT2D eigenvalue weighted by Crippen LogP contribution is 2.22. The van der Waals surface area contributed by atoms with E-state index in [1.807, 2.05) is 6.08 Å². The Morgan fingerprint density at radius 3 is 2.71 bits per heavy atom. The summed E-state index contributed by atoms with van der Waals surface area (Å²) in [5, 5.41) is 0. The van der Waals surface area contributed by atoms with E-state index in [1.54, 1.807) is 0 Å². The number of likely N-dealkylation sites (tertiary alicyclic amines) is 1. The Balaban J connectivity index is 1.74. The minimum absolute atomic E-state index is 0.868. The van der Waals surface area contributed by atoms with Gasteiger partial charge in [0.15, 0.2) is 0 Å². The number of nitrogens with zero attached hydrogens (tertiary/aromatic N) is 1. The number of nitrogens with two attached hydrogens (primary N) is 1. The van der Waals surface area contributed by atoms with Gasteiger partial charge in [-0.05, 0) is 29.7 Å². The number of hydrogen-bond acceptors (Lipinski definition) is 1. The lowest BCUT2D eigenvalue weighted by Crippen LogP contribution is -2.39. The molecule has 0 saturated carbocycles. The van der Waals surface area contributed by atoms with Crippen molar-refractivity contribution in [3.05, 3.63) is 64.9 Å². The fourth-order valence-corrected chi connectivity index (χ4v) is 3.38. The topological polar surface area (TPSA) is 26.0 Å². The van der Waals surface area contributed by atoms with E-state index in [2.05, 4.69) is 49.5 Å². The summed E-state index contributed by atoms with van der Waals surface area (Å²) < 4.78 is 1.19. The van der Waals surface area contributed by atoms with E-state index in [-0.39, 0.29) is 0 Å². The Morgan fingerprint density at radius 1 is 1.19 bits per heavy atom. The Bertz CT molecular complexity index is 602. The molecule has 0 radical (unpaired) electrons. The van der Waals surface area contributed by atoms with Crippen molar-refractivity contribution < 1.29 is 4.48 Å². The molecule has 0 amide bonds. The molecule has 1 aliphatic heterocycles. The van der Waals surface area contributed by atoms with Crippen LogP contribution in [0.4, 0.5) is 0 Å². The zero-order chi connectivity index (χ0) is 14.7. The number of rotatable bonds is 3. The largest absolute Gasteiger partial charge is 0.399 e. The molecule has 0 atom stereocenters. The van der Waals surface area contributed by atoms with Gasteiger partial charge in [0, 0.05) is 24.1 Å². The van der Waals surface area contributed by atoms with Crippen LogP contribution in [0.1, 0.15) is 30.4 Å². The number of benzene rings is 1. The van der Waals surface area contributed by atoms with Gasteiger partial charge in [-0.3, -0.25) is 0 Å². The summed E-state index contributed by atoms with van der Waals surface area (Å²) in [7, 11) is 2.38. The van der Waals surface area contributed by atoms with Gasteiger partial charge in [-0.1, -0.05) is 36.4 Å². The molecule has 1 aliphatic carbocycles. The zero-order valence-corrected chi connectivity index (χ0v) is 12.9. The molecule has 0 spiro atoms. The third-order valence-corrected chi connectivity index (χ3v) is 4.58. The van der Waals surface area contributed by atoms with Crippen molar-refractivity contribution in [3.63, 3.8) is 0 Å². The van der Waals surface area contributed by atoms with E-state index in [0.29, 0.717) is 0 Å². The Labute approximate surface area is 127 Å². The molecule has 2 aliphatic rings. The third-order valence-electron chi connectivity index (χ3n) is 4.58. The zero-order valence-electron chi connectivity index (χ0n) is 12.9. The molecule has 3 rings (SSSR count). The molecule has 0 bridgehead atoms. The highest BCUT2D eigenvalue weighted by Gasteiger charge is 2.26. The molecule has 1 saturated heterocycles. The van der Waals surface area contributed by atoms with E-state index in [0.717, 1.165) is 18.7 Å². The van der Waals surface area contributed by atoms with Crippen LogP contribution in [0.3, 0.4) is 0 Å². The molecule has 1 fully saturated rings. The first-order valence-corrected chi connectivity index (χ1v) is 7.90. The quantitative estimate of drug-likeness (QED) is 0.842. The van der Waals surface area contributed by atoms with Crippen LogP contribution in [-0.2, 0) is 6.54 Å². The second kappa shape index (κ2) is 5.90. The van der Waals surface area contributed by atoms with Crippen LogP contribution in [0.2, 0.25) is 0 Å². The highest BCUT2D eigenvalue weighted by atomic mass is 15.3. The minimum atomic E-state index is 0.868. The van der Waals surface area contributed by atoms with E-state index < -0.39 is 0 Å². The number of quaternary nitrogens is 1. The maximum atomic E-state index is 5.77. The summed E-state index contributed by atoms with van der Waals surface area (Å²) in [6, 6.07) is 8.97. The number of allylic oxidation sites excluding steroid dienone is 4. The van der Waals surface area contributed by atoms with Crippen LogP contribution >= 0.6 is 0 Å². The van der Waals surface area contributed by atoms with Crippen molar-refractivity contribution >= 4 is 6.08 Å². The lowest BCUT2D eigenvalue weighted by atomic mass is 10.0. The predicted octanol–water partition coefficient (Wildman–Crippen LogP) is 3.61. The van der Waals surface area contributed by atoms with Gasteiger partial charge >= 0.3 is 0 Å². The summed E-state index contributed by atoms with van der Waals surface area (Å²) in [5.41, 5.74) is 10.7. The van der Waals surface area contributed by atoms with E-state index >= 15 is 0 Å². The molecule has 1 aromatic rings. The SMILES string of the molecule is C[N+]1(Cc2cccc(C=C3C=CC(N)=CC3)c2)CCCC1. The molecule has 2 heteroatoms. The first-order chi connectivity index (χ1) is 10.1. The van der Waals surface area contributed by atoms with Crippen LogP contribution < -0.4 is 5.73 Å². The molecular weight excluding hydrogens is 256 g/mol. The van der Waals surface area contributed by atoms with E-state index in [1.165, 1.54) is 47.1 Å². The molecule has 2 N–H and O–H groups in total. The summed E-state index contributed by atoms with van der Waals surface area (Å²) in [6.07, 6.45) is 12.1. The second-order valence-corrected chi connectivity index (χ2v) is 6.64. The molecule has 0 aromatic heterocycles. The van der Waals surface area contributed by atoms with Gasteiger partial charge < -0.3 is 10.2 Å². The lowest BCUT2D eigenvalue weighted by Gasteiger charge is -2.29. The summed E-state index contributed by atoms with van der Waals surface area (Å²) in [4.78, 5) is 0. The van der Waals surface area contributed by atoms with Crippen LogP contribution in [0.25, 0.3) is 6.08 Å². The highest BCUT2D eigenvalue weighted by molar-refractivity contribution is 5.58. The molecule has 1 heterocycles. The summed E-state index contributed by atoms with van der Waals surface area (Å²) >= 11 is 0. The van der Waals surface area contributed by atoms with Gasteiger partial charge in [0.1, 0.15) is 6.54 Å². The van der Waals surface area contributed by atoms with E-state index in [4.69, 9.17) is 5.73 Å². The molecule has 21 heavy (non-hydrogen) atoms. The van der Waals surface area contributed by atoms with Crippen molar-refractivity contribution in [2.24, 2.45) is 5.73 Å². The maximum Gasteiger partial charge on any atom is 0.104 e. The van der Waals surface area contributed by atoms with Gasteiger partial charge in [0.25, 0.3) is 0 Å². The fourth-order valence-electron chi connectivity index (χ4n) is 3.38. The fraction of sp³-hybridized carbons (Fsp3) is 0.368. The van der Waals surface area contributed by atoms with Crippen molar-refractivity contribution in [1.82, 2.24) is 0 Å². The molecule has 0 unspecified atom stereocenters. The third kappa shape index (κ3) is 3.64. The summed E-state index contributed by atoms with van der Waals surface area (Å²) in [6.45, 7) is 3.79. The Hall–Kier alpha value is -1.80. The Morgan fingerprint density at radius 2 is 2.00 bits per heavy atom. The average molecular weight is 281 g/mol. The van der Waals surface area contributed by atoms with Gasteiger partial charge in [-0.2, -0.15) is 0 Å². The van der Waals surface area contributed by atoms with Crippen LogP contribution in [0.5, 0.6) is 0 Å². The second-order valence-electron chi connectivity index (χ2n) is 6.64. The lowest BCUT2D eigenvalue weighted by molar-refractivity contribution is -0.910. The molecule has 2 nitrogen and oxygen atoms in total. The van der Waals surface area contributed by atoms with Crippen LogP contribution in [0, 0.1) is 0 Å². The molecule has 110 valence electrons. The Kier molecular flexibility index (Phi) is 3.98. The first-order valence-electron chi connectivity index (χ1n) is 7.90. The van der Waals surface area contributed by atoms with Crippen molar-refractivity contribution in [3.8, 4) is 0 Å². The predicted molar refractivity (Wildman–Crippen MR) is 89.3 cm³/mol. The van der Waals surface area contributed by atoms with Crippen molar-refractivity contribution in [2.45, 2.75) is 25.8 Å². The normalized spacial score (nSPS) is 22.5.